The molecule has 0 bridgehead atoms. The molecule has 0 N–H and O–H groups in total. The summed E-state index contributed by atoms with van der Waals surface area (Å²) in [5, 5.41) is 0. The third-order valence-electron chi connectivity index (χ3n) is 6.37. The van der Waals surface area contributed by atoms with Gasteiger partial charge in [-0.15, -0.1) is 0 Å². The van der Waals surface area contributed by atoms with Gasteiger partial charge in [-0.1, -0.05) is 42.0 Å². The van der Waals surface area contributed by atoms with Crippen molar-refractivity contribution in [2.75, 3.05) is 13.2 Å². The number of carbonyl (C=O) groups excluding carboxylic acids is 1. The average molecular weight is 458 g/mol. The van der Waals surface area contributed by atoms with Crippen molar-refractivity contribution in [1.29, 1.82) is 0 Å². The van der Waals surface area contributed by atoms with E-state index in [1.807, 2.05) is 47.4 Å². The van der Waals surface area contributed by atoms with Crippen molar-refractivity contribution in [3.05, 3.63) is 95.6 Å². The summed E-state index contributed by atoms with van der Waals surface area (Å²) in [6, 6.07) is 22.5. The highest BCUT2D eigenvalue weighted by Crippen LogP contribution is 2.31. The number of ether oxygens (including phenoxy) is 1. The van der Waals surface area contributed by atoms with Crippen LogP contribution < -0.4 is 4.74 Å². The number of rotatable bonds is 8. The minimum Gasteiger partial charge on any atom is -0.494 e. The minimum atomic E-state index is -0.269. The lowest BCUT2D eigenvalue weighted by Crippen LogP contribution is -2.24. The largest absolute Gasteiger partial charge is 0.494 e. The van der Waals surface area contributed by atoms with Gasteiger partial charge in [0.1, 0.15) is 17.4 Å². The topological polar surface area (TPSA) is 47.4 Å². The molecular weight excluding hydrogens is 429 g/mol. The van der Waals surface area contributed by atoms with Gasteiger partial charge >= 0.3 is 0 Å². The molecule has 174 valence electrons. The first-order chi connectivity index (χ1) is 16.6. The van der Waals surface area contributed by atoms with Gasteiger partial charge in [-0.2, -0.15) is 0 Å². The van der Waals surface area contributed by atoms with E-state index in [4.69, 9.17) is 9.72 Å². The van der Waals surface area contributed by atoms with Gasteiger partial charge in [0.2, 0.25) is 5.91 Å². The lowest BCUT2D eigenvalue weighted by Gasteiger charge is -2.17. The van der Waals surface area contributed by atoms with Gasteiger partial charge in [-0.05, 0) is 55.3 Å². The fourth-order valence-electron chi connectivity index (χ4n) is 4.60. The number of likely N-dealkylation sites (tertiary alicyclic amines) is 1. The summed E-state index contributed by atoms with van der Waals surface area (Å²) in [5.41, 5.74) is 4.16. The first-order valence-electron chi connectivity index (χ1n) is 11.7. The summed E-state index contributed by atoms with van der Waals surface area (Å²) in [6.07, 6.45) is 1.27. The smallest absolute Gasteiger partial charge is 0.223 e. The molecule has 4 aromatic rings. The van der Waals surface area contributed by atoms with Crippen LogP contribution in [0.5, 0.6) is 5.75 Å². The van der Waals surface area contributed by atoms with Crippen molar-refractivity contribution in [3.63, 3.8) is 0 Å². The molecule has 1 atom stereocenters. The number of aryl methyl sites for hydroxylation is 2. The van der Waals surface area contributed by atoms with Crippen LogP contribution in [0.1, 0.15) is 35.7 Å². The first kappa shape index (κ1) is 22.1. The Morgan fingerprint density at radius 1 is 1.03 bits per heavy atom. The normalized spacial score (nSPS) is 15.9. The average Bonchev–Trinajstić information content (AvgIpc) is 3.39. The number of fused-ring (bicyclic) bond motifs is 1. The van der Waals surface area contributed by atoms with Crippen LogP contribution in [0, 0.1) is 12.7 Å². The van der Waals surface area contributed by atoms with Gasteiger partial charge in [0.05, 0.1) is 17.6 Å². The predicted octanol–water partition coefficient (Wildman–Crippen LogP) is 5.47. The van der Waals surface area contributed by atoms with Crippen molar-refractivity contribution >= 4 is 16.9 Å². The molecule has 3 aromatic carbocycles. The molecule has 1 fully saturated rings. The third kappa shape index (κ3) is 4.81. The molecule has 2 heterocycles. The standard InChI is InChI=1S/C28H28FN3O2/c1-20-7-13-24(14-8-20)34-16-4-15-32-26-6-3-2-5-25(26)30-28(32)22-17-27(33)31(19-22)18-21-9-11-23(29)12-10-21/h2-3,5-14,22H,4,15-19H2,1H3. The number of imidazole rings is 1. The molecule has 5 rings (SSSR count). The van der Waals surface area contributed by atoms with Gasteiger partial charge < -0.3 is 14.2 Å². The Balaban J connectivity index is 1.30. The zero-order valence-corrected chi connectivity index (χ0v) is 19.3. The van der Waals surface area contributed by atoms with Gasteiger partial charge in [0.25, 0.3) is 0 Å². The minimum absolute atomic E-state index is 0.0263. The molecule has 1 unspecified atom stereocenters. The predicted molar refractivity (Wildman–Crippen MR) is 130 cm³/mol. The van der Waals surface area contributed by atoms with Crippen LogP contribution in [-0.2, 0) is 17.9 Å². The second-order valence-corrected chi connectivity index (χ2v) is 8.93. The van der Waals surface area contributed by atoms with Crippen molar-refractivity contribution in [2.45, 2.75) is 38.8 Å². The highest BCUT2D eigenvalue weighted by molar-refractivity contribution is 5.81. The third-order valence-corrected chi connectivity index (χ3v) is 6.37. The number of hydrogen-bond donors (Lipinski definition) is 0. The quantitative estimate of drug-likeness (QED) is 0.330. The number of hydrogen-bond acceptors (Lipinski definition) is 3. The maximum Gasteiger partial charge on any atom is 0.223 e. The maximum absolute atomic E-state index is 13.2. The summed E-state index contributed by atoms with van der Waals surface area (Å²) in [5.74, 6) is 1.69. The van der Waals surface area contributed by atoms with Crippen LogP contribution in [0.4, 0.5) is 4.39 Å². The van der Waals surface area contributed by atoms with E-state index in [-0.39, 0.29) is 17.6 Å². The molecule has 1 saturated heterocycles. The summed E-state index contributed by atoms with van der Waals surface area (Å²) >= 11 is 0. The molecule has 0 saturated carbocycles. The van der Waals surface area contributed by atoms with E-state index in [9.17, 15) is 9.18 Å². The highest BCUT2D eigenvalue weighted by Gasteiger charge is 2.33. The Bertz CT molecular complexity index is 1280. The number of para-hydroxylation sites is 2. The summed E-state index contributed by atoms with van der Waals surface area (Å²) in [6.45, 7) is 4.53. The molecule has 0 radical (unpaired) electrons. The maximum atomic E-state index is 13.2. The van der Waals surface area contributed by atoms with Gasteiger partial charge in [0.15, 0.2) is 0 Å². The Morgan fingerprint density at radius 2 is 1.79 bits per heavy atom. The SMILES string of the molecule is Cc1ccc(OCCCn2c(C3CC(=O)N(Cc4ccc(F)cc4)C3)nc3ccccc32)cc1. The Kier molecular flexibility index (Phi) is 6.30. The fourth-order valence-corrected chi connectivity index (χ4v) is 4.60. The summed E-state index contributed by atoms with van der Waals surface area (Å²) in [4.78, 5) is 19.6. The lowest BCUT2D eigenvalue weighted by molar-refractivity contribution is -0.128. The van der Waals surface area contributed by atoms with Gasteiger partial charge in [-0.25, -0.2) is 9.37 Å². The van der Waals surface area contributed by atoms with Crippen molar-refractivity contribution in [2.24, 2.45) is 0 Å². The highest BCUT2D eigenvalue weighted by atomic mass is 19.1. The van der Waals surface area contributed by atoms with Crippen molar-refractivity contribution in [1.82, 2.24) is 14.5 Å². The van der Waals surface area contributed by atoms with Crippen LogP contribution in [0.15, 0.2) is 72.8 Å². The van der Waals surface area contributed by atoms with Crippen LogP contribution in [0.2, 0.25) is 0 Å². The van der Waals surface area contributed by atoms with Crippen molar-refractivity contribution < 1.29 is 13.9 Å². The van der Waals surface area contributed by atoms with Crippen LogP contribution >= 0.6 is 0 Å². The second kappa shape index (κ2) is 9.67. The zero-order valence-electron chi connectivity index (χ0n) is 19.3. The Hall–Kier alpha value is -3.67. The van der Waals surface area contributed by atoms with Gasteiger partial charge in [-0.3, -0.25) is 4.79 Å². The monoisotopic (exact) mass is 457 g/mol. The number of nitrogens with zero attached hydrogens (tertiary/aromatic N) is 3. The van der Waals surface area contributed by atoms with E-state index in [2.05, 4.69) is 17.6 Å². The van der Waals surface area contributed by atoms with Crippen LogP contribution in [0.3, 0.4) is 0 Å². The molecular formula is C28H28FN3O2. The first-order valence-corrected chi connectivity index (χ1v) is 11.7. The molecule has 0 aliphatic carbocycles. The molecule has 0 spiro atoms. The van der Waals surface area contributed by atoms with Crippen LogP contribution in [-0.4, -0.2) is 33.5 Å². The fraction of sp³-hybridized carbons (Fsp3) is 0.286. The molecule has 1 aliphatic heterocycles. The number of aromatic nitrogens is 2. The number of halogens is 1. The number of carbonyl (C=O) groups is 1. The van der Waals surface area contributed by atoms with E-state index < -0.39 is 0 Å². The number of benzene rings is 3. The molecule has 1 aliphatic rings. The Labute approximate surface area is 198 Å². The zero-order chi connectivity index (χ0) is 23.5. The van der Waals surface area contributed by atoms with Crippen LogP contribution in [0.25, 0.3) is 11.0 Å². The second-order valence-electron chi connectivity index (χ2n) is 8.93. The Morgan fingerprint density at radius 3 is 2.59 bits per heavy atom. The van der Waals surface area contributed by atoms with E-state index in [0.29, 0.717) is 26.1 Å². The summed E-state index contributed by atoms with van der Waals surface area (Å²) in [7, 11) is 0. The van der Waals surface area contributed by atoms with E-state index in [1.165, 1.54) is 17.7 Å². The molecule has 6 heteroatoms. The molecule has 1 aromatic heterocycles. The van der Waals surface area contributed by atoms with E-state index in [1.54, 1.807) is 12.1 Å². The van der Waals surface area contributed by atoms with E-state index in [0.717, 1.165) is 41.1 Å². The number of amides is 1. The van der Waals surface area contributed by atoms with Gasteiger partial charge in [0, 0.05) is 32.0 Å². The molecule has 34 heavy (non-hydrogen) atoms. The molecule has 5 nitrogen and oxygen atoms in total. The molecule has 1 amide bonds. The lowest BCUT2D eigenvalue weighted by atomic mass is 10.1. The van der Waals surface area contributed by atoms with Crippen molar-refractivity contribution in [3.8, 4) is 5.75 Å². The van der Waals surface area contributed by atoms with E-state index >= 15 is 0 Å². The summed E-state index contributed by atoms with van der Waals surface area (Å²) < 4.78 is 21.4.